The van der Waals surface area contributed by atoms with Crippen molar-refractivity contribution >= 4 is 5.97 Å². The first-order chi connectivity index (χ1) is 18.7. The van der Waals surface area contributed by atoms with Gasteiger partial charge in [0, 0.05) is 5.56 Å². The standard InChI is InChI=1S/C32H33F5O2/c1-2-3-4-5-19-6-8-20(9-7-19)10-11-21-12-14-22(15-13-21)24-18-25(33)29(32(38)39)31(37)28(24)23-16-26(34)30(36)27(35)17-23/h12-20H,2-11H2,1H3,(H,38,39)/t19-,20-. The first-order valence-corrected chi connectivity index (χ1v) is 13.7. The van der Waals surface area contributed by atoms with Crippen LogP contribution in [-0.4, -0.2) is 11.1 Å². The number of hydrogen-bond donors (Lipinski definition) is 1. The van der Waals surface area contributed by atoms with E-state index < -0.39 is 51.7 Å². The number of benzene rings is 3. The second kappa shape index (κ2) is 12.8. The van der Waals surface area contributed by atoms with Crippen LogP contribution in [-0.2, 0) is 6.42 Å². The van der Waals surface area contributed by atoms with Gasteiger partial charge >= 0.3 is 5.97 Å². The molecular weight excluding hydrogens is 511 g/mol. The number of halogens is 5. The minimum absolute atomic E-state index is 0.0895. The summed E-state index contributed by atoms with van der Waals surface area (Å²) in [7, 11) is 0. The van der Waals surface area contributed by atoms with Crippen LogP contribution in [0.15, 0.2) is 42.5 Å². The van der Waals surface area contributed by atoms with E-state index in [1.54, 1.807) is 12.1 Å². The highest BCUT2D eigenvalue weighted by Crippen LogP contribution is 2.39. The molecule has 1 aliphatic rings. The minimum Gasteiger partial charge on any atom is -0.477 e. The summed E-state index contributed by atoms with van der Waals surface area (Å²) < 4.78 is 71.5. The molecule has 0 bridgehead atoms. The first kappa shape index (κ1) is 28.8. The quantitative estimate of drug-likeness (QED) is 0.157. The maximum atomic E-state index is 15.3. The van der Waals surface area contributed by atoms with Crippen LogP contribution in [0.1, 0.15) is 80.6 Å². The molecule has 1 saturated carbocycles. The lowest BCUT2D eigenvalue weighted by Crippen LogP contribution is -2.15. The number of carboxylic acid groups (broad SMARTS) is 1. The predicted molar refractivity (Wildman–Crippen MR) is 142 cm³/mol. The smallest absolute Gasteiger partial charge is 0.341 e. The molecule has 7 heteroatoms. The summed E-state index contributed by atoms with van der Waals surface area (Å²) in [6.45, 7) is 2.22. The van der Waals surface area contributed by atoms with Crippen LogP contribution < -0.4 is 0 Å². The zero-order valence-electron chi connectivity index (χ0n) is 22.0. The Hall–Kier alpha value is -3.22. The van der Waals surface area contributed by atoms with Gasteiger partial charge in [-0.2, -0.15) is 0 Å². The Morgan fingerprint density at radius 3 is 1.92 bits per heavy atom. The van der Waals surface area contributed by atoms with E-state index in [2.05, 4.69) is 6.92 Å². The molecular formula is C32H33F5O2. The Balaban J connectivity index is 1.54. The van der Waals surface area contributed by atoms with Crippen LogP contribution >= 0.6 is 0 Å². The van der Waals surface area contributed by atoms with Crippen molar-refractivity contribution in [3.8, 4) is 22.3 Å². The van der Waals surface area contributed by atoms with Gasteiger partial charge in [-0.15, -0.1) is 0 Å². The highest BCUT2D eigenvalue weighted by Gasteiger charge is 2.26. The van der Waals surface area contributed by atoms with Crippen molar-refractivity contribution in [1.82, 2.24) is 0 Å². The summed E-state index contributed by atoms with van der Waals surface area (Å²) in [5.74, 6) is -8.04. The Morgan fingerprint density at radius 1 is 0.769 bits per heavy atom. The van der Waals surface area contributed by atoms with Gasteiger partial charge in [0.05, 0.1) is 0 Å². The number of carboxylic acids is 1. The molecule has 0 heterocycles. The number of hydrogen-bond acceptors (Lipinski definition) is 1. The molecule has 208 valence electrons. The Bertz CT molecular complexity index is 1290. The van der Waals surface area contributed by atoms with Gasteiger partial charge in [-0.1, -0.05) is 82.6 Å². The van der Waals surface area contributed by atoms with Gasteiger partial charge in [-0.25, -0.2) is 26.7 Å². The predicted octanol–water partition coefficient (Wildman–Crippen LogP) is 9.73. The highest BCUT2D eigenvalue weighted by molar-refractivity contribution is 5.94. The van der Waals surface area contributed by atoms with E-state index in [1.165, 1.54) is 51.4 Å². The lowest BCUT2D eigenvalue weighted by Gasteiger charge is -2.28. The van der Waals surface area contributed by atoms with Crippen molar-refractivity contribution < 1.29 is 31.9 Å². The van der Waals surface area contributed by atoms with E-state index in [0.29, 0.717) is 23.6 Å². The van der Waals surface area contributed by atoms with Crippen molar-refractivity contribution in [3.05, 3.63) is 82.7 Å². The third-order valence-electron chi connectivity index (χ3n) is 7.99. The molecule has 0 radical (unpaired) electrons. The van der Waals surface area contributed by atoms with Crippen molar-refractivity contribution in [1.29, 1.82) is 0 Å². The fourth-order valence-corrected chi connectivity index (χ4v) is 5.74. The summed E-state index contributed by atoms with van der Waals surface area (Å²) in [4.78, 5) is 11.5. The molecule has 0 aliphatic heterocycles. The molecule has 0 amide bonds. The van der Waals surface area contributed by atoms with E-state index in [4.69, 9.17) is 0 Å². The van der Waals surface area contributed by atoms with Gasteiger partial charge in [0.1, 0.15) is 17.2 Å². The topological polar surface area (TPSA) is 37.3 Å². The fourth-order valence-electron chi connectivity index (χ4n) is 5.74. The third-order valence-corrected chi connectivity index (χ3v) is 7.99. The van der Waals surface area contributed by atoms with Crippen molar-refractivity contribution in [3.63, 3.8) is 0 Å². The largest absolute Gasteiger partial charge is 0.477 e. The molecule has 0 unspecified atom stereocenters. The number of unbranched alkanes of at least 4 members (excludes halogenated alkanes) is 2. The molecule has 39 heavy (non-hydrogen) atoms. The fraction of sp³-hybridized carbons (Fsp3) is 0.406. The number of rotatable bonds is 10. The maximum absolute atomic E-state index is 15.3. The first-order valence-electron chi connectivity index (χ1n) is 13.7. The van der Waals surface area contributed by atoms with E-state index in [9.17, 15) is 27.5 Å². The average molecular weight is 545 g/mol. The number of carbonyl (C=O) groups is 1. The lowest BCUT2D eigenvalue weighted by molar-refractivity contribution is 0.0686. The SMILES string of the molecule is CCCCC[C@H]1CC[C@H](CCc2ccc(-c3cc(F)c(C(=O)O)c(F)c3-c3cc(F)c(F)c(F)c3)cc2)CC1. The molecule has 3 aromatic rings. The summed E-state index contributed by atoms with van der Waals surface area (Å²) in [5.41, 5.74) is -0.914. The van der Waals surface area contributed by atoms with E-state index >= 15 is 4.39 Å². The molecule has 3 aromatic carbocycles. The van der Waals surface area contributed by atoms with Crippen LogP contribution in [0.3, 0.4) is 0 Å². The molecule has 1 aliphatic carbocycles. The summed E-state index contributed by atoms with van der Waals surface area (Å²) in [6, 6.07) is 8.93. The van der Waals surface area contributed by atoms with Crippen LogP contribution in [0.5, 0.6) is 0 Å². The van der Waals surface area contributed by atoms with Crippen LogP contribution in [0.25, 0.3) is 22.3 Å². The Kier molecular flexibility index (Phi) is 9.41. The molecule has 0 aromatic heterocycles. The monoisotopic (exact) mass is 544 g/mol. The van der Waals surface area contributed by atoms with Crippen molar-refractivity contribution in [2.45, 2.75) is 71.1 Å². The minimum atomic E-state index is -1.87. The Morgan fingerprint density at radius 2 is 1.36 bits per heavy atom. The summed E-state index contributed by atoms with van der Waals surface area (Å²) >= 11 is 0. The van der Waals surface area contributed by atoms with Gasteiger partial charge in [0.15, 0.2) is 17.5 Å². The number of aromatic carboxylic acids is 1. The van der Waals surface area contributed by atoms with Crippen LogP contribution in [0.4, 0.5) is 22.0 Å². The average Bonchev–Trinajstić information content (AvgIpc) is 2.91. The van der Waals surface area contributed by atoms with Gasteiger partial charge in [0.2, 0.25) is 0 Å². The zero-order valence-corrected chi connectivity index (χ0v) is 22.0. The molecule has 1 N–H and O–H groups in total. The van der Waals surface area contributed by atoms with E-state index in [1.807, 2.05) is 12.1 Å². The van der Waals surface area contributed by atoms with Gasteiger partial charge in [-0.05, 0) is 65.1 Å². The molecule has 0 atom stereocenters. The Labute approximate surface area is 225 Å². The third kappa shape index (κ3) is 6.68. The molecule has 1 fully saturated rings. The molecule has 0 saturated heterocycles. The molecule has 2 nitrogen and oxygen atoms in total. The molecule has 0 spiro atoms. The summed E-state index contributed by atoms with van der Waals surface area (Å²) in [6.07, 6.45) is 12.1. The number of aryl methyl sites for hydroxylation is 1. The highest BCUT2D eigenvalue weighted by atomic mass is 19.2. The van der Waals surface area contributed by atoms with Crippen molar-refractivity contribution in [2.24, 2.45) is 11.8 Å². The second-order valence-electron chi connectivity index (χ2n) is 10.6. The van der Waals surface area contributed by atoms with E-state index in [-0.39, 0.29) is 5.56 Å². The van der Waals surface area contributed by atoms with Crippen LogP contribution in [0.2, 0.25) is 0 Å². The van der Waals surface area contributed by atoms with Gasteiger partial charge in [0.25, 0.3) is 0 Å². The van der Waals surface area contributed by atoms with Gasteiger partial charge in [-0.3, -0.25) is 0 Å². The summed E-state index contributed by atoms with van der Waals surface area (Å²) in [5, 5.41) is 9.31. The van der Waals surface area contributed by atoms with E-state index in [0.717, 1.165) is 30.4 Å². The lowest BCUT2D eigenvalue weighted by atomic mass is 9.77. The second-order valence-corrected chi connectivity index (χ2v) is 10.6. The zero-order chi connectivity index (χ0) is 28.1. The van der Waals surface area contributed by atoms with Gasteiger partial charge < -0.3 is 5.11 Å². The maximum Gasteiger partial charge on any atom is 0.341 e. The van der Waals surface area contributed by atoms with Crippen LogP contribution in [0, 0.1) is 40.9 Å². The molecule has 4 rings (SSSR count). The normalized spacial score (nSPS) is 17.4. The van der Waals surface area contributed by atoms with Crippen molar-refractivity contribution in [2.75, 3.05) is 0 Å².